The molecule has 0 saturated heterocycles. The number of ether oxygens (including phenoxy) is 2. The molecule has 0 unspecified atom stereocenters. The molecule has 0 fully saturated rings. The Kier molecular flexibility index (Phi) is 4.24. The number of hydrogen-bond donors (Lipinski definition) is 2. The Morgan fingerprint density at radius 3 is 2.84 bits per heavy atom. The maximum absolute atomic E-state index is 12.1. The van der Waals surface area contributed by atoms with Crippen molar-refractivity contribution in [2.24, 2.45) is 0 Å². The Morgan fingerprint density at radius 2 is 1.96 bits per heavy atom. The summed E-state index contributed by atoms with van der Waals surface area (Å²) in [5, 5.41) is 2.91. The van der Waals surface area contributed by atoms with E-state index in [9.17, 15) is 4.79 Å². The molecular weight excluding hydrogens is 318 g/mol. The molecule has 6 nitrogen and oxygen atoms in total. The molecule has 1 aromatic heterocycles. The number of aromatic nitrogens is 2. The predicted octanol–water partition coefficient (Wildman–Crippen LogP) is 2.45. The summed E-state index contributed by atoms with van der Waals surface area (Å²) in [6.45, 7) is 1.03. The zero-order chi connectivity index (χ0) is 17.1. The van der Waals surface area contributed by atoms with E-state index in [-0.39, 0.29) is 18.4 Å². The zero-order valence-corrected chi connectivity index (χ0v) is 13.7. The van der Waals surface area contributed by atoms with E-state index in [4.69, 9.17) is 9.47 Å². The van der Waals surface area contributed by atoms with Gasteiger partial charge in [-0.15, -0.1) is 0 Å². The molecule has 25 heavy (non-hydrogen) atoms. The van der Waals surface area contributed by atoms with Crippen LogP contribution in [0.15, 0.2) is 48.5 Å². The van der Waals surface area contributed by atoms with Crippen LogP contribution in [0, 0.1) is 0 Å². The molecule has 1 atom stereocenters. The highest BCUT2D eigenvalue weighted by atomic mass is 16.6. The maximum atomic E-state index is 12.1. The predicted molar refractivity (Wildman–Crippen MR) is 93.8 cm³/mol. The minimum absolute atomic E-state index is 0.0543. The van der Waals surface area contributed by atoms with Crippen molar-refractivity contribution in [3.8, 4) is 11.5 Å². The quantitative estimate of drug-likeness (QED) is 0.750. The Hall–Kier alpha value is -3.02. The highest BCUT2D eigenvalue weighted by Gasteiger charge is 2.20. The van der Waals surface area contributed by atoms with Crippen molar-refractivity contribution in [2.75, 3.05) is 13.2 Å². The van der Waals surface area contributed by atoms with Crippen LogP contribution in [0.2, 0.25) is 0 Å². The third-order valence-electron chi connectivity index (χ3n) is 4.12. The van der Waals surface area contributed by atoms with Gasteiger partial charge < -0.3 is 19.8 Å². The standard InChI is InChI=1S/C19H19N3O3/c23-19(11-18-21-14-5-1-2-6-15(14)22-18)20-10-9-13-12-24-16-7-3-4-8-17(16)25-13/h1-8,13H,9-12H2,(H,20,23)(H,21,22)/t13-/m0/s1. The lowest BCUT2D eigenvalue weighted by Crippen LogP contribution is -2.34. The normalized spacial score (nSPS) is 15.9. The van der Waals surface area contributed by atoms with E-state index in [0.29, 0.717) is 25.4 Å². The molecule has 2 aromatic carbocycles. The fraction of sp³-hybridized carbons (Fsp3) is 0.263. The molecule has 0 bridgehead atoms. The third kappa shape index (κ3) is 3.57. The Balaban J connectivity index is 1.25. The highest BCUT2D eigenvalue weighted by Crippen LogP contribution is 2.31. The smallest absolute Gasteiger partial charge is 0.227 e. The van der Waals surface area contributed by atoms with Gasteiger partial charge in [0.15, 0.2) is 11.5 Å². The van der Waals surface area contributed by atoms with Crippen molar-refractivity contribution in [2.45, 2.75) is 18.9 Å². The van der Waals surface area contributed by atoms with E-state index < -0.39 is 0 Å². The van der Waals surface area contributed by atoms with Gasteiger partial charge in [0.05, 0.1) is 17.5 Å². The van der Waals surface area contributed by atoms with Crippen LogP contribution in [-0.4, -0.2) is 35.1 Å². The van der Waals surface area contributed by atoms with Crippen LogP contribution in [0.4, 0.5) is 0 Å². The first kappa shape index (κ1) is 15.5. The number of aromatic amines is 1. The topological polar surface area (TPSA) is 76.2 Å². The van der Waals surface area contributed by atoms with Crippen LogP contribution >= 0.6 is 0 Å². The monoisotopic (exact) mass is 337 g/mol. The van der Waals surface area contributed by atoms with E-state index >= 15 is 0 Å². The summed E-state index contributed by atoms with van der Waals surface area (Å²) < 4.78 is 11.5. The van der Waals surface area contributed by atoms with Crippen molar-refractivity contribution >= 4 is 16.9 Å². The van der Waals surface area contributed by atoms with Gasteiger partial charge in [-0.3, -0.25) is 4.79 Å². The molecular formula is C19H19N3O3. The van der Waals surface area contributed by atoms with Gasteiger partial charge in [0.1, 0.15) is 18.5 Å². The molecule has 0 spiro atoms. The number of hydrogen-bond acceptors (Lipinski definition) is 4. The number of fused-ring (bicyclic) bond motifs is 2. The minimum atomic E-state index is -0.0591. The van der Waals surface area contributed by atoms with Gasteiger partial charge in [-0.05, 0) is 24.3 Å². The van der Waals surface area contributed by atoms with Crippen LogP contribution in [-0.2, 0) is 11.2 Å². The minimum Gasteiger partial charge on any atom is -0.486 e. The zero-order valence-electron chi connectivity index (χ0n) is 13.7. The number of benzene rings is 2. The molecule has 0 radical (unpaired) electrons. The van der Waals surface area contributed by atoms with Crippen molar-refractivity contribution in [1.29, 1.82) is 0 Å². The number of H-pyrrole nitrogens is 1. The average molecular weight is 337 g/mol. The second-order valence-electron chi connectivity index (χ2n) is 6.01. The van der Waals surface area contributed by atoms with Crippen LogP contribution in [0.25, 0.3) is 11.0 Å². The first-order valence-electron chi connectivity index (χ1n) is 8.37. The first-order chi connectivity index (χ1) is 12.3. The van der Waals surface area contributed by atoms with Gasteiger partial charge in [-0.2, -0.15) is 0 Å². The van der Waals surface area contributed by atoms with E-state index in [2.05, 4.69) is 15.3 Å². The Bertz CT molecular complexity index is 857. The van der Waals surface area contributed by atoms with Gasteiger partial charge >= 0.3 is 0 Å². The summed E-state index contributed by atoms with van der Waals surface area (Å²) >= 11 is 0. The summed E-state index contributed by atoms with van der Waals surface area (Å²) in [5.41, 5.74) is 1.81. The molecule has 128 valence electrons. The second-order valence-corrected chi connectivity index (χ2v) is 6.01. The van der Waals surface area contributed by atoms with Crippen LogP contribution in [0.3, 0.4) is 0 Å². The number of imidazole rings is 1. The van der Waals surface area contributed by atoms with Gasteiger partial charge in [-0.1, -0.05) is 24.3 Å². The van der Waals surface area contributed by atoms with E-state index in [1.165, 1.54) is 0 Å². The maximum Gasteiger partial charge on any atom is 0.227 e. The van der Waals surface area contributed by atoms with E-state index in [1.54, 1.807) is 0 Å². The second kappa shape index (κ2) is 6.84. The third-order valence-corrected chi connectivity index (χ3v) is 4.12. The SMILES string of the molecule is O=C(Cc1nc2ccccc2[nH]1)NCC[C@H]1COc2ccccc2O1. The van der Waals surface area contributed by atoms with Crippen LogP contribution < -0.4 is 14.8 Å². The molecule has 3 aromatic rings. The van der Waals surface area contributed by atoms with Crippen molar-refractivity contribution in [3.05, 3.63) is 54.4 Å². The summed E-state index contributed by atoms with van der Waals surface area (Å²) in [5.74, 6) is 2.14. The molecule has 1 aliphatic heterocycles. The van der Waals surface area contributed by atoms with Gasteiger partial charge in [0, 0.05) is 13.0 Å². The number of amides is 1. The lowest BCUT2D eigenvalue weighted by atomic mass is 10.2. The van der Waals surface area contributed by atoms with E-state index in [1.807, 2.05) is 48.5 Å². The molecule has 0 aliphatic carbocycles. The lowest BCUT2D eigenvalue weighted by molar-refractivity contribution is -0.120. The summed E-state index contributed by atoms with van der Waals surface area (Å²) in [6, 6.07) is 15.3. The average Bonchev–Trinajstić information content (AvgIpc) is 3.03. The lowest BCUT2D eigenvalue weighted by Gasteiger charge is -2.26. The van der Waals surface area contributed by atoms with Crippen LogP contribution in [0.5, 0.6) is 11.5 Å². The molecule has 6 heteroatoms. The summed E-state index contributed by atoms with van der Waals surface area (Å²) in [6.07, 6.45) is 0.876. The number of nitrogens with one attached hydrogen (secondary N) is 2. The first-order valence-corrected chi connectivity index (χ1v) is 8.37. The molecule has 0 saturated carbocycles. The van der Waals surface area contributed by atoms with Gasteiger partial charge in [-0.25, -0.2) is 4.98 Å². The Labute approximate surface area is 145 Å². The Morgan fingerprint density at radius 1 is 1.16 bits per heavy atom. The number of para-hydroxylation sites is 4. The highest BCUT2D eigenvalue weighted by molar-refractivity contribution is 5.80. The van der Waals surface area contributed by atoms with Gasteiger partial charge in [0.2, 0.25) is 5.91 Å². The fourth-order valence-corrected chi connectivity index (χ4v) is 2.88. The van der Waals surface area contributed by atoms with Gasteiger partial charge in [0.25, 0.3) is 0 Å². The largest absolute Gasteiger partial charge is 0.486 e. The van der Waals surface area contributed by atoms with Crippen molar-refractivity contribution in [1.82, 2.24) is 15.3 Å². The summed E-state index contributed by atoms with van der Waals surface area (Å²) in [7, 11) is 0. The van der Waals surface area contributed by atoms with Crippen molar-refractivity contribution < 1.29 is 14.3 Å². The molecule has 2 heterocycles. The molecule has 4 rings (SSSR count). The number of nitrogens with zero attached hydrogens (tertiary/aromatic N) is 1. The van der Waals surface area contributed by atoms with Crippen molar-refractivity contribution in [3.63, 3.8) is 0 Å². The molecule has 1 aliphatic rings. The van der Waals surface area contributed by atoms with E-state index in [0.717, 1.165) is 22.5 Å². The molecule has 1 amide bonds. The number of carbonyl (C=O) groups excluding carboxylic acids is 1. The summed E-state index contributed by atoms with van der Waals surface area (Å²) in [4.78, 5) is 19.7. The van der Waals surface area contributed by atoms with Crippen LogP contribution in [0.1, 0.15) is 12.2 Å². The molecule has 2 N–H and O–H groups in total. The fourth-order valence-electron chi connectivity index (χ4n) is 2.88. The number of carbonyl (C=O) groups is 1. The number of rotatable bonds is 5.